The van der Waals surface area contributed by atoms with Crippen LogP contribution in [0.25, 0.3) is 11.1 Å². The highest BCUT2D eigenvalue weighted by Crippen LogP contribution is 2.47. The molecule has 0 fully saturated rings. The molecular weight excluding hydrogens is 648 g/mol. The van der Waals surface area contributed by atoms with Gasteiger partial charge in [0.15, 0.2) is 0 Å². The van der Waals surface area contributed by atoms with E-state index in [9.17, 15) is 28.8 Å². The fourth-order valence-electron chi connectivity index (χ4n) is 5.00. The summed E-state index contributed by atoms with van der Waals surface area (Å²) in [4.78, 5) is 72.5. The Bertz CT molecular complexity index is 2030. The van der Waals surface area contributed by atoms with Gasteiger partial charge >= 0.3 is 35.8 Å². The van der Waals surface area contributed by atoms with E-state index in [0.717, 1.165) is 34.4 Å². The predicted octanol–water partition coefficient (Wildman–Crippen LogP) is 5.94. The quantitative estimate of drug-likeness (QED) is 0.0753. The van der Waals surface area contributed by atoms with Crippen LogP contribution in [0.3, 0.4) is 0 Å². The number of hydrogen-bond acceptors (Lipinski definition) is 12. The minimum atomic E-state index is -0.799. The summed E-state index contributed by atoms with van der Waals surface area (Å²) in [5.41, 5.74) is 4.14. The van der Waals surface area contributed by atoms with E-state index >= 15 is 0 Å². The van der Waals surface area contributed by atoms with E-state index < -0.39 is 49.4 Å². The average molecular weight is 677 g/mol. The van der Waals surface area contributed by atoms with E-state index in [1.165, 1.54) is 48.5 Å². The van der Waals surface area contributed by atoms with Crippen molar-refractivity contribution in [2.45, 2.75) is 12.8 Å². The van der Waals surface area contributed by atoms with Crippen molar-refractivity contribution < 1.29 is 57.2 Å². The van der Waals surface area contributed by atoms with Crippen LogP contribution < -0.4 is 9.47 Å². The lowest BCUT2D eigenvalue weighted by Crippen LogP contribution is -2.13. The summed E-state index contributed by atoms with van der Waals surface area (Å²) in [7, 11) is 0. The first-order valence-corrected chi connectivity index (χ1v) is 14.9. The van der Waals surface area contributed by atoms with Gasteiger partial charge in [0.05, 0.1) is 22.3 Å². The standard InChI is InChI=1S/C38H28O12/c1-4-33(39)45-20-47-35(41)23-9-11-24(12-10-23)37(43)49-27-13-15-29-30-16-14-28(19-32(30)22(3)31(29)18-27)50-38(44)26-8-6-7-25(17-26)36(42)48-21-46-34(40)5-2/h4-19,22H,1-2,20-21H2,3H3. The highest BCUT2D eigenvalue weighted by molar-refractivity contribution is 5.97. The number of benzene rings is 4. The van der Waals surface area contributed by atoms with Crippen LogP contribution in [0.2, 0.25) is 0 Å². The van der Waals surface area contributed by atoms with E-state index in [2.05, 4.69) is 22.6 Å². The molecule has 0 radical (unpaired) electrons. The number of rotatable bonds is 12. The van der Waals surface area contributed by atoms with Crippen molar-refractivity contribution in [3.8, 4) is 22.6 Å². The van der Waals surface area contributed by atoms with Gasteiger partial charge in [0.2, 0.25) is 13.6 Å². The summed E-state index contributed by atoms with van der Waals surface area (Å²) in [6.07, 6.45) is 1.87. The summed E-state index contributed by atoms with van der Waals surface area (Å²) < 4.78 is 30.2. The maximum atomic E-state index is 13.0. The van der Waals surface area contributed by atoms with Crippen molar-refractivity contribution in [3.63, 3.8) is 0 Å². The van der Waals surface area contributed by atoms with Gasteiger partial charge in [0.25, 0.3) is 0 Å². The third-order valence-corrected chi connectivity index (χ3v) is 7.50. The first-order chi connectivity index (χ1) is 24.1. The van der Waals surface area contributed by atoms with Gasteiger partial charge in [-0.25, -0.2) is 28.8 Å². The fourth-order valence-corrected chi connectivity index (χ4v) is 5.00. The molecular formula is C38H28O12. The molecule has 1 aliphatic rings. The zero-order valence-corrected chi connectivity index (χ0v) is 26.5. The molecule has 4 aromatic rings. The van der Waals surface area contributed by atoms with Gasteiger partial charge in [0.1, 0.15) is 11.5 Å². The lowest BCUT2D eigenvalue weighted by atomic mass is 9.99. The molecule has 252 valence electrons. The third-order valence-electron chi connectivity index (χ3n) is 7.50. The van der Waals surface area contributed by atoms with Gasteiger partial charge < -0.3 is 28.4 Å². The predicted molar refractivity (Wildman–Crippen MR) is 175 cm³/mol. The average Bonchev–Trinajstić information content (AvgIpc) is 3.41. The van der Waals surface area contributed by atoms with Gasteiger partial charge in [-0.2, -0.15) is 0 Å². The zero-order chi connectivity index (χ0) is 35.8. The highest BCUT2D eigenvalue weighted by Gasteiger charge is 2.27. The van der Waals surface area contributed by atoms with E-state index in [4.69, 9.17) is 18.9 Å². The first kappa shape index (κ1) is 34.5. The Morgan fingerprint density at radius 3 is 1.44 bits per heavy atom. The molecule has 0 saturated carbocycles. The molecule has 0 aromatic heterocycles. The lowest BCUT2D eigenvalue weighted by molar-refractivity contribution is -0.147. The Morgan fingerprint density at radius 2 is 0.960 bits per heavy atom. The Kier molecular flexibility index (Phi) is 10.6. The number of hydrogen-bond donors (Lipinski definition) is 0. The van der Waals surface area contributed by atoms with E-state index in [-0.39, 0.29) is 33.9 Å². The van der Waals surface area contributed by atoms with Gasteiger partial charge in [-0.3, -0.25) is 0 Å². The van der Waals surface area contributed by atoms with Crippen LogP contribution in [0.4, 0.5) is 0 Å². The molecule has 12 nitrogen and oxygen atoms in total. The van der Waals surface area contributed by atoms with Gasteiger partial charge in [-0.05, 0) is 89.0 Å². The summed E-state index contributed by atoms with van der Waals surface area (Å²) in [6, 6.07) is 21.9. The first-order valence-electron chi connectivity index (χ1n) is 14.9. The van der Waals surface area contributed by atoms with Gasteiger partial charge in [0, 0.05) is 18.1 Å². The Balaban J connectivity index is 1.21. The molecule has 0 spiro atoms. The van der Waals surface area contributed by atoms with Crippen molar-refractivity contribution in [2.75, 3.05) is 13.6 Å². The molecule has 0 bridgehead atoms. The minimum Gasteiger partial charge on any atom is -0.425 e. The Hall–Kier alpha value is -6.82. The Labute approximate surface area is 285 Å². The van der Waals surface area contributed by atoms with Crippen LogP contribution in [-0.4, -0.2) is 49.4 Å². The molecule has 0 amide bonds. The van der Waals surface area contributed by atoms with Crippen LogP contribution in [0.15, 0.2) is 110 Å². The molecule has 0 N–H and O–H groups in total. The number of fused-ring (bicyclic) bond motifs is 3. The number of ether oxygens (including phenoxy) is 6. The maximum absolute atomic E-state index is 13.0. The maximum Gasteiger partial charge on any atom is 0.343 e. The fraction of sp³-hybridized carbons (Fsp3) is 0.105. The van der Waals surface area contributed by atoms with Crippen LogP contribution in [0, 0.1) is 0 Å². The van der Waals surface area contributed by atoms with Crippen molar-refractivity contribution in [1.82, 2.24) is 0 Å². The smallest absolute Gasteiger partial charge is 0.343 e. The monoisotopic (exact) mass is 676 g/mol. The van der Waals surface area contributed by atoms with Crippen molar-refractivity contribution in [2.24, 2.45) is 0 Å². The molecule has 0 aliphatic heterocycles. The lowest BCUT2D eigenvalue weighted by Gasteiger charge is -2.11. The highest BCUT2D eigenvalue weighted by atomic mass is 16.7. The molecule has 5 rings (SSSR count). The van der Waals surface area contributed by atoms with Gasteiger partial charge in [-0.1, -0.05) is 38.3 Å². The summed E-state index contributed by atoms with van der Waals surface area (Å²) >= 11 is 0. The van der Waals surface area contributed by atoms with Crippen LogP contribution in [0.1, 0.15) is 65.4 Å². The molecule has 1 unspecified atom stereocenters. The molecule has 0 heterocycles. The second-order valence-electron chi connectivity index (χ2n) is 10.6. The summed E-state index contributed by atoms with van der Waals surface area (Å²) in [5.74, 6) is -3.91. The number of carbonyl (C=O) groups excluding carboxylic acids is 6. The normalized spacial score (nSPS) is 12.3. The van der Waals surface area contributed by atoms with Crippen molar-refractivity contribution in [3.05, 3.63) is 144 Å². The van der Waals surface area contributed by atoms with Crippen LogP contribution >= 0.6 is 0 Å². The molecule has 50 heavy (non-hydrogen) atoms. The van der Waals surface area contributed by atoms with Gasteiger partial charge in [-0.15, -0.1) is 0 Å². The number of carbonyl (C=O) groups is 6. The summed E-state index contributed by atoms with van der Waals surface area (Å²) in [5, 5.41) is 0. The summed E-state index contributed by atoms with van der Waals surface area (Å²) in [6.45, 7) is 7.29. The number of esters is 6. The largest absolute Gasteiger partial charge is 0.425 e. The Morgan fingerprint density at radius 1 is 0.540 bits per heavy atom. The molecule has 1 aliphatic carbocycles. The second-order valence-corrected chi connectivity index (χ2v) is 10.6. The van der Waals surface area contributed by atoms with Crippen LogP contribution in [-0.2, 0) is 28.5 Å². The van der Waals surface area contributed by atoms with Crippen LogP contribution in [0.5, 0.6) is 11.5 Å². The third kappa shape index (κ3) is 8.00. The molecule has 1 atom stereocenters. The topological polar surface area (TPSA) is 158 Å². The van der Waals surface area contributed by atoms with E-state index in [1.807, 2.05) is 19.1 Å². The van der Waals surface area contributed by atoms with Crippen molar-refractivity contribution in [1.29, 1.82) is 0 Å². The zero-order valence-electron chi connectivity index (χ0n) is 26.5. The van der Waals surface area contributed by atoms with E-state index in [0.29, 0.717) is 5.75 Å². The minimum absolute atomic E-state index is 0.0612. The molecule has 0 saturated heterocycles. The SMILES string of the molecule is C=CC(=O)OCOC(=O)c1ccc(C(=O)Oc2ccc3c(c2)C(C)c2cc(OC(=O)c4cccc(C(=O)OCOC(=O)C=C)c4)ccc2-3)cc1. The second kappa shape index (κ2) is 15.4. The van der Waals surface area contributed by atoms with E-state index in [1.54, 1.807) is 24.3 Å². The molecule has 12 heteroatoms. The molecule has 4 aromatic carbocycles. The van der Waals surface area contributed by atoms with Crippen molar-refractivity contribution >= 4 is 35.8 Å².